The van der Waals surface area contributed by atoms with E-state index in [-0.39, 0.29) is 11.8 Å². The summed E-state index contributed by atoms with van der Waals surface area (Å²) in [5.41, 5.74) is 7.84. The topological polar surface area (TPSA) is 51.6 Å². The third kappa shape index (κ3) is 4.27. The van der Waals surface area contributed by atoms with Crippen molar-refractivity contribution in [2.75, 3.05) is 13.6 Å². The summed E-state index contributed by atoms with van der Waals surface area (Å²) in [7, 11) is 1.95. The van der Waals surface area contributed by atoms with Gasteiger partial charge in [-0.15, -0.1) is 0 Å². The number of alkyl halides is 2. The summed E-state index contributed by atoms with van der Waals surface area (Å²) in [5.74, 6) is 0.141. The zero-order chi connectivity index (χ0) is 15.2. The average molecular weight is 296 g/mol. The van der Waals surface area contributed by atoms with Gasteiger partial charge in [0.1, 0.15) is 5.75 Å². The molecule has 6 heteroatoms. The van der Waals surface area contributed by atoms with Crippen LogP contribution >= 0.6 is 0 Å². The van der Waals surface area contributed by atoms with E-state index >= 15 is 0 Å². The molecule has 1 unspecified atom stereocenters. The average Bonchev–Trinajstić information content (AvgIpc) is 2.93. The Morgan fingerprint density at radius 3 is 2.48 bits per heavy atom. The lowest BCUT2D eigenvalue weighted by molar-refractivity contribution is -0.0498. The second-order valence-electron chi connectivity index (χ2n) is 4.75. The minimum absolute atomic E-state index is 0.0134. The number of likely N-dealkylation sites (N-methyl/N-ethyl adjacent to an activating group) is 1. The first-order chi connectivity index (χ1) is 10.1. The molecule has 0 aliphatic heterocycles. The van der Waals surface area contributed by atoms with Gasteiger partial charge in [0.2, 0.25) is 0 Å². The van der Waals surface area contributed by atoms with E-state index in [1.807, 2.05) is 13.1 Å². The minimum atomic E-state index is -2.81. The number of rotatable bonds is 7. The van der Waals surface area contributed by atoms with Crippen LogP contribution in [0, 0.1) is 0 Å². The van der Waals surface area contributed by atoms with Crippen molar-refractivity contribution in [1.82, 2.24) is 4.90 Å². The minimum Gasteiger partial charge on any atom is -0.472 e. The van der Waals surface area contributed by atoms with Crippen molar-refractivity contribution in [3.8, 4) is 5.75 Å². The van der Waals surface area contributed by atoms with Crippen molar-refractivity contribution in [3.63, 3.8) is 0 Å². The number of hydrogen-bond acceptors (Lipinski definition) is 4. The van der Waals surface area contributed by atoms with Crippen molar-refractivity contribution in [2.24, 2.45) is 5.73 Å². The Kier molecular flexibility index (Phi) is 5.30. The van der Waals surface area contributed by atoms with E-state index in [4.69, 9.17) is 10.2 Å². The fourth-order valence-corrected chi connectivity index (χ4v) is 2.22. The molecule has 1 atom stereocenters. The number of furan rings is 1. The lowest BCUT2D eigenvalue weighted by Crippen LogP contribution is -2.30. The first kappa shape index (κ1) is 15.5. The summed E-state index contributed by atoms with van der Waals surface area (Å²) in [6.07, 6.45) is 3.31. The fourth-order valence-electron chi connectivity index (χ4n) is 2.22. The molecule has 4 nitrogen and oxygen atoms in total. The van der Waals surface area contributed by atoms with Gasteiger partial charge in [-0.3, -0.25) is 4.90 Å². The predicted octanol–water partition coefficient (Wildman–Crippen LogP) is 3.01. The van der Waals surface area contributed by atoms with E-state index in [1.54, 1.807) is 24.7 Å². The van der Waals surface area contributed by atoms with Gasteiger partial charge in [0.15, 0.2) is 0 Å². The van der Waals surface area contributed by atoms with Crippen LogP contribution in [0.1, 0.15) is 17.2 Å². The smallest absolute Gasteiger partial charge is 0.387 e. The SMILES string of the molecule is CN(Cc1ccoc1)C(CN)c1ccc(OC(F)F)cc1. The monoisotopic (exact) mass is 296 g/mol. The van der Waals surface area contributed by atoms with Crippen molar-refractivity contribution >= 4 is 0 Å². The number of nitrogens with zero attached hydrogens (tertiary/aromatic N) is 1. The van der Waals surface area contributed by atoms with Gasteiger partial charge < -0.3 is 14.9 Å². The van der Waals surface area contributed by atoms with E-state index in [2.05, 4.69) is 9.64 Å². The number of hydrogen-bond donors (Lipinski definition) is 1. The highest BCUT2D eigenvalue weighted by molar-refractivity contribution is 5.29. The van der Waals surface area contributed by atoms with Gasteiger partial charge in [-0.05, 0) is 30.8 Å². The summed E-state index contributed by atoms with van der Waals surface area (Å²) < 4.78 is 33.6. The molecule has 0 aliphatic rings. The number of halogens is 2. The van der Waals surface area contributed by atoms with Gasteiger partial charge >= 0.3 is 6.61 Å². The highest BCUT2D eigenvalue weighted by atomic mass is 19.3. The van der Waals surface area contributed by atoms with Gasteiger partial charge in [0.05, 0.1) is 12.5 Å². The normalized spacial score (nSPS) is 12.9. The van der Waals surface area contributed by atoms with Crippen molar-refractivity contribution in [1.29, 1.82) is 0 Å². The molecule has 1 heterocycles. The maximum Gasteiger partial charge on any atom is 0.387 e. The maximum atomic E-state index is 12.1. The van der Waals surface area contributed by atoms with Gasteiger partial charge in [0, 0.05) is 24.7 Å². The molecular weight excluding hydrogens is 278 g/mol. The van der Waals surface area contributed by atoms with E-state index in [0.29, 0.717) is 13.1 Å². The van der Waals surface area contributed by atoms with Crippen LogP contribution in [0.3, 0.4) is 0 Å². The van der Waals surface area contributed by atoms with Gasteiger partial charge in [-0.2, -0.15) is 8.78 Å². The Hall–Kier alpha value is -1.92. The zero-order valence-electron chi connectivity index (χ0n) is 11.7. The lowest BCUT2D eigenvalue weighted by atomic mass is 10.1. The molecule has 114 valence electrons. The highest BCUT2D eigenvalue weighted by Gasteiger charge is 2.16. The van der Waals surface area contributed by atoms with E-state index in [9.17, 15) is 8.78 Å². The van der Waals surface area contributed by atoms with Crippen molar-refractivity contribution in [2.45, 2.75) is 19.2 Å². The largest absolute Gasteiger partial charge is 0.472 e. The van der Waals surface area contributed by atoms with Crippen LogP contribution in [-0.2, 0) is 6.54 Å². The molecular formula is C15H18F2N2O2. The molecule has 2 aromatic rings. The first-order valence-corrected chi connectivity index (χ1v) is 6.56. The van der Waals surface area contributed by atoms with Gasteiger partial charge in [-0.25, -0.2) is 0 Å². The Morgan fingerprint density at radius 1 is 1.24 bits per heavy atom. The van der Waals surface area contributed by atoms with E-state index < -0.39 is 6.61 Å². The first-order valence-electron chi connectivity index (χ1n) is 6.56. The number of nitrogens with two attached hydrogens (primary N) is 1. The Bertz CT molecular complexity index is 529. The molecule has 0 aliphatic carbocycles. The summed E-state index contributed by atoms with van der Waals surface area (Å²) in [5, 5.41) is 0. The molecule has 21 heavy (non-hydrogen) atoms. The molecule has 0 saturated carbocycles. The Balaban J connectivity index is 2.05. The Labute approximate surface area is 122 Å². The summed E-state index contributed by atoms with van der Waals surface area (Å²) in [4.78, 5) is 2.08. The molecule has 0 saturated heterocycles. The number of benzene rings is 1. The second kappa shape index (κ2) is 7.19. The Morgan fingerprint density at radius 2 is 1.95 bits per heavy atom. The molecule has 2 N–H and O–H groups in total. The van der Waals surface area contributed by atoms with Crippen LogP contribution in [0.4, 0.5) is 8.78 Å². The second-order valence-corrected chi connectivity index (χ2v) is 4.75. The summed E-state index contributed by atoms with van der Waals surface area (Å²) >= 11 is 0. The predicted molar refractivity (Wildman–Crippen MR) is 75.0 cm³/mol. The third-order valence-electron chi connectivity index (χ3n) is 3.26. The van der Waals surface area contributed by atoms with Crippen LogP contribution in [0.2, 0.25) is 0 Å². The van der Waals surface area contributed by atoms with Crippen LogP contribution in [0.15, 0.2) is 47.3 Å². The molecule has 1 aromatic heterocycles. The molecule has 0 bridgehead atoms. The molecule has 0 amide bonds. The van der Waals surface area contributed by atoms with Gasteiger partial charge in [0.25, 0.3) is 0 Å². The number of ether oxygens (including phenoxy) is 1. The third-order valence-corrected chi connectivity index (χ3v) is 3.26. The van der Waals surface area contributed by atoms with E-state index in [0.717, 1.165) is 11.1 Å². The maximum absolute atomic E-state index is 12.1. The van der Waals surface area contributed by atoms with Crippen molar-refractivity contribution in [3.05, 3.63) is 54.0 Å². The van der Waals surface area contributed by atoms with E-state index in [1.165, 1.54) is 12.1 Å². The van der Waals surface area contributed by atoms with Gasteiger partial charge in [-0.1, -0.05) is 12.1 Å². The molecule has 2 rings (SSSR count). The van der Waals surface area contributed by atoms with Crippen LogP contribution in [0.5, 0.6) is 5.75 Å². The van der Waals surface area contributed by atoms with Crippen molar-refractivity contribution < 1.29 is 17.9 Å². The summed E-state index contributed by atoms with van der Waals surface area (Å²) in [6, 6.07) is 8.43. The van der Waals surface area contributed by atoms with Crippen LogP contribution < -0.4 is 10.5 Å². The molecule has 0 spiro atoms. The molecule has 1 aromatic carbocycles. The lowest BCUT2D eigenvalue weighted by Gasteiger charge is -2.27. The molecule has 0 fully saturated rings. The standard InChI is InChI=1S/C15H18F2N2O2/c1-19(9-11-6-7-20-10-11)14(8-18)12-2-4-13(5-3-12)21-15(16)17/h2-7,10,14-15H,8-9,18H2,1H3. The zero-order valence-corrected chi connectivity index (χ0v) is 11.7. The molecule has 0 radical (unpaired) electrons. The highest BCUT2D eigenvalue weighted by Crippen LogP contribution is 2.23. The summed E-state index contributed by atoms with van der Waals surface area (Å²) in [6.45, 7) is -1.71. The quantitative estimate of drug-likeness (QED) is 0.853. The van der Waals surface area contributed by atoms with Crippen LogP contribution in [0.25, 0.3) is 0 Å². The van der Waals surface area contributed by atoms with Crippen LogP contribution in [-0.4, -0.2) is 25.1 Å². The fraction of sp³-hybridized carbons (Fsp3) is 0.333.